The fourth-order valence-electron chi connectivity index (χ4n) is 4.06. The minimum absolute atomic E-state index is 0.0139. The molecule has 2 aromatic carbocycles. The molecule has 1 saturated heterocycles. The van der Waals surface area contributed by atoms with E-state index >= 15 is 0 Å². The number of hydrogen-bond acceptors (Lipinski definition) is 6. The van der Waals surface area contributed by atoms with Gasteiger partial charge in [-0.3, -0.25) is 9.59 Å². The summed E-state index contributed by atoms with van der Waals surface area (Å²) < 4.78 is 11.5. The van der Waals surface area contributed by atoms with Crippen LogP contribution in [0.1, 0.15) is 9.67 Å². The lowest BCUT2D eigenvalue weighted by molar-refractivity contribution is -0.130. The molecule has 8 heteroatoms. The minimum Gasteiger partial charge on any atom is -0.495 e. The number of ether oxygens (including phenoxy) is 1. The highest BCUT2D eigenvalue weighted by Crippen LogP contribution is 2.36. The van der Waals surface area contributed by atoms with E-state index in [1.54, 1.807) is 12.0 Å². The Balaban J connectivity index is 1.24. The molecule has 32 heavy (non-hydrogen) atoms. The van der Waals surface area contributed by atoms with Crippen molar-refractivity contribution in [3.63, 3.8) is 0 Å². The molecule has 0 bridgehead atoms. The molecule has 0 saturated carbocycles. The number of carbonyl (C=O) groups is 2. The third-order valence-corrected chi connectivity index (χ3v) is 6.64. The molecule has 0 spiro atoms. The first kappa shape index (κ1) is 20.4. The number of anilines is 1. The van der Waals surface area contributed by atoms with Gasteiger partial charge in [0.05, 0.1) is 24.2 Å². The summed E-state index contributed by atoms with van der Waals surface area (Å²) in [6.07, 6.45) is 0. The van der Waals surface area contributed by atoms with E-state index in [1.807, 2.05) is 58.8 Å². The van der Waals surface area contributed by atoms with Crippen molar-refractivity contribution in [2.75, 3.05) is 45.2 Å². The van der Waals surface area contributed by atoms with Crippen LogP contribution in [0.15, 0.2) is 58.3 Å². The Kier molecular flexibility index (Phi) is 5.45. The number of furan rings is 1. The van der Waals surface area contributed by atoms with Crippen LogP contribution in [-0.4, -0.2) is 61.4 Å². The van der Waals surface area contributed by atoms with E-state index in [4.69, 9.17) is 9.15 Å². The summed E-state index contributed by atoms with van der Waals surface area (Å²) in [6, 6.07) is 15.4. The van der Waals surface area contributed by atoms with Crippen molar-refractivity contribution in [3.05, 3.63) is 58.8 Å². The zero-order chi connectivity index (χ0) is 22.1. The van der Waals surface area contributed by atoms with E-state index in [0.717, 1.165) is 26.8 Å². The topological polar surface area (TPSA) is 75.0 Å². The van der Waals surface area contributed by atoms with Gasteiger partial charge in [-0.2, -0.15) is 0 Å². The molecule has 7 nitrogen and oxygen atoms in total. The number of methoxy groups -OCH3 is 1. The Morgan fingerprint density at radius 3 is 2.53 bits per heavy atom. The molecular formula is C24H23N3O4S. The predicted molar refractivity (Wildman–Crippen MR) is 126 cm³/mol. The van der Waals surface area contributed by atoms with E-state index in [9.17, 15) is 9.59 Å². The van der Waals surface area contributed by atoms with Gasteiger partial charge in [-0.25, -0.2) is 0 Å². The number of hydrogen-bond donors (Lipinski definition) is 1. The number of fused-ring (bicyclic) bond motifs is 3. The van der Waals surface area contributed by atoms with E-state index in [-0.39, 0.29) is 18.4 Å². The molecule has 0 unspecified atom stereocenters. The molecule has 1 N–H and O–H groups in total. The maximum absolute atomic E-state index is 12.8. The van der Waals surface area contributed by atoms with Crippen molar-refractivity contribution in [1.29, 1.82) is 0 Å². The Bertz CT molecular complexity index is 1270. The van der Waals surface area contributed by atoms with Gasteiger partial charge in [-0.15, -0.1) is 11.3 Å². The lowest BCUT2D eigenvalue weighted by Crippen LogP contribution is -2.51. The Morgan fingerprint density at radius 2 is 1.78 bits per heavy atom. The number of amides is 2. The quantitative estimate of drug-likeness (QED) is 0.498. The number of piperazine rings is 1. The summed E-state index contributed by atoms with van der Waals surface area (Å²) in [7, 11) is 1.61. The minimum atomic E-state index is -0.0139. The second kappa shape index (κ2) is 8.55. The molecule has 0 atom stereocenters. The first-order valence-electron chi connectivity index (χ1n) is 10.5. The third-order valence-electron chi connectivity index (χ3n) is 5.78. The van der Waals surface area contributed by atoms with Gasteiger partial charge in [-0.05, 0) is 23.6 Å². The van der Waals surface area contributed by atoms with Gasteiger partial charge in [0.2, 0.25) is 5.91 Å². The summed E-state index contributed by atoms with van der Waals surface area (Å²) in [5.41, 5.74) is 2.26. The van der Waals surface area contributed by atoms with Crippen LogP contribution >= 0.6 is 11.3 Å². The number of nitrogens with one attached hydrogen (secondary N) is 1. The van der Waals surface area contributed by atoms with Crippen LogP contribution in [0.2, 0.25) is 0 Å². The van der Waals surface area contributed by atoms with Gasteiger partial charge in [0.25, 0.3) is 5.91 Å². The second-order valence-electron chi connectivity index (χ2n) is 7.65. The largest absolute Gasteiger partial charge is 0.495 e. The SMILES string of the molecule is COc1cc2c(cc1NCC(=O)N1CCN(C(=O)c3cccs3)CC1)oc1ccccc12. The molecule has 1 aliphatic heterocycles. The Labute approximate surface area is 189 Å². The van der Waals surface area contributed by atoms with Gasteiger partial charge in [0.1, 0.15) is 16.9 Å². The molecule has 1 aliphatic rings. The maximum atomic E-state index is 12.8. The monoisotopic (exact) mass is 449 g/mol. The Morgan fingerprint density at radius 1 is 1.00 bits per heavy atom. The summed E-state index contributed by atoms with van der Waals surface area (Å²) in [5, 5.41) is 7.10. The van der Waals surface area contributed by atoms with Crippen LogP contribution in [-0.2, 0) is 4.79 Å². The average molecular weight is 450 g/mol. The summed E-state index contributed by atoms with van der Waals surface area (Å²) in [4.78, 5) is 29.6. The standard InChI is InChI=1S/C24H23N3O4S/c1-30-21-13-17-16-5-2-3-6-19(16)31-20(17)14-18(21)25-15-23(28)26-8-10-27(11-9-26)24(29)22-7-4-12-32-22/h2-7,12-14,25H,8-11,15H2,1H3. The zero-order valence-corrected chi connectivity index (χ0v) is 18.5. The normalized spacial score (nSPS) is 14.2. The molecule has 1 fully saturated rings. The molecule has 2 aromatic heterocycles. The van der Waals surface area contributed by atoms with E-state index < -0.39 is 0 Å². The van der Waals surface area contributed by atoms with Crippen LogP contribution in [0.25, 0.3) is 21.9 Å². The van der Waals surface area contributed by atoms with Gasteiger partial charge in [0.15, 0.2) is 0 Å². The van der Waals surface area contributed by atoms with Crippen molar-refractivity contribution in [2.45, 2.75) is 0 Å². The average Bonchev–Trinajstić information content (AvgIpc) is 3.49. The second-order valence-corrected chi connectivity index (χ2v) is 8.60. The highest BCUT2D eigenvalue weighted by molar-refractivity contribution is 7.12. The van der Waals surface area contributed by atoms with Crippen molar-refractivity contribution in [3.8, 4) is 5.75 Å². The van der Waals surface area contributed by atoms with Gasteiger partial charge in [0, 0.05) is 43.0 Å². The molecule has 2 amide bonds. The van der Waals surface area contributed by atoms with Gasteiger partial charge < -0.3 is 24.3 Å². The molecule has 0 aliphatic carbocycles. The van der Waals surface area contributed by atoms with E-state index in [0.29, 0.717) is 37.6 Å². The number of thiophene rings is 1. The fourth-order valence-corrected chi connectivity index (χ4v) is 4.75. The summed E-state index contributed by atoms with van der Waals surface area (Å²) in [5.74, 6) is 0.678. The summed E-state index contributed by atoms with van der Waals surface area (Å²) in [6.45, 7) is 2.27. The molecule has 164 valence electrons. The lowest BCUT2D eigenvalue weighted by Gasteiger charge is -2.34. The molecule has 5 rings (SSSR count). The van der Waals surface area contributed by atoms with Crippen molar-refractivity contribution in [1.82, 2.24) is 9.80 Å². The van der Waals surface area contributed by atoms with Crippen LogP contribution in [0, 0.1) is 0 Å². The third kappa shape index (κ3) is 3.78. The predicted octanol–water partition coefficient (Wildman–Crippen LogP) is 4.05. The Hall–Kier alpha value is -3.52. The van der Waals surface area contributed by atoms with Crippen molar-refractivity contribution < 1.29 is 18.7 Å². The highest BCUT2D eigenvalue weighted by Gasteiger charge is 2.25. The van der Waals surface area contributed by atoms with Gasteiger partial charge in [-0.1, -0.05) is 24.3 Å². The highest BCUT2D eigenvalue weighted by atomic mass is 32.1. The smallest absolute Gasteiger partial charge is 0.264 e. The molecule has 4 aromatic rings. The number of carbonyl (C=O) groups excluding carboxylic acids is 2. The van der Waals surface area contributed by atoms with Crippen LogP contribution < -0.4 is 10.1 Å². The first-order valence-corrected chi connectivity index (χ1v) is 11.4. The zero-order valence-electron chi connectivity index (χ0n) is 17.7. The van der Waals surface area contributed by atoms with Crippen LogP contribution in [0.3, 0.4) is 0 Å². The molecule has 0 radical (unpaired) electrons. The number of para-hydroxylation sites is 1. The molecular weight excluding hydrogens is 426 g/mol. The van der Waals surface area contributed by atoms with Gasteiger partial charge >= 0.3 is 0 Å². The van der Waals surface area contributed by atoms with E-state index in [2.05, 4.69) is 5.32 Å². The van der Waals surface area contributed by atoms with Crippen LogP contribution in [0.5, 0.6) is 5.75 Å². The van der Waals surface area contributed by atoms with Crippen molar-refractivity contribution in [2.24, 2.45) is 0 Å². The van der Waals surface area contributed by atoms with E-state index in [1.165, 1.54) is 11.3 Å². The maximum Gasteiger partial charge on any atom is 0.264 e. The molecule has 3 heterocycles. The number of nitrogens with zero attached hydrogens (tertiary/aromatic N) is 2. The summed E-state index contributed by atoms with van der Waals surface area (Å²) >= 11 is 1.44. The number of rotatable bonds is 5. The van der Waals surface area contributed by atoms with Crippen LogP contribution in [0.4, 0.5) is 5.69 Å². The number of benzene rings is 2. The fraction of sp³-hybridized carbons (Fsp3) is 0.250. The lowest BCUT2D eigenvalue weighted by atomic mass is 10.1. The first-order chi connectivity index (χ1) is 15.6. The van der Waals surface area contributed by atoms with Crippen molar-refractivity contribution >= 4 is 50.8 Å².